The van der Waals surface area contributed by atoms with Crippen molar-refractivity contribution in [3.63, 3.8) is 0 Å². The minimum absolute atomic E-state index is 0.364. The van der Waals surface area contributed by atoms with E-state index < -0.39 is 17.9 Å². The Morgan fingerprint density at radius 3 is 2.40 bits per heavy atom. The van der Waals surface area contributed by atoms with Gasteiger partial charge in [-0.05, 0) is 5.56 Å². The van der Waals surface area contributed by atoms with Crippen LogP contribution in [0.5, 0.6) is 0 Å². The van der Waals surface area contributed by atoms with Gasteiger partial charge >= 0.3 is 5.97 Å². The highest BCUT2D eigenvalue weighted by Crippen LogP contribution is 2.20. The molecule has 0 N–H and O–H groups in total. The maximum atomic E-state index is 11.3. The van der Waals surface area contributed by atoms with Crippen molar-refractivity contribution < 1.29 is 19.4 Å². The number of rotatable bonds is 4. The van der Waals surface area contributed by atoms with Crippen LogP contribution >= 0.6 is 0 Å². The molecular formula is C11H11O4-. The van der Waals surface area contributed by atoms with E-state index in [-0.39, 0.29) is 6.42 Å². The summed E-state index contributed by atoms with van der Waals surface area (Å²) in [4.78, 5) is 21.8. The lowest BCUT2D eigenvalue weighted by molar-refractivity contribution is -0.306. The zero-order valence-electron chi connectivity index (χ0n) is 8.30. The lowest BCUT2D eigenvalue weighted by Crippen LogP contribution is -2.28. The Morgan fingerprint density at radius 1 is 1.33 bits per heavy atom. The molecule has 4 nitrogen and oxygen atoms in total. The van der Waals surface area contributed by atoms with Crippen LogP contribution in [0.25, 0.3) is 0 Å². The molecule has 1 unspecified atom stereocenters. The molecule has 4 heteroatoms. The highest BCUT2D eigenvalue weighted by molar-refractivity contribution is 5.83. The number of carbonyl (C=O) groups is 2. The molecule has 0 aliphatic heterocycles. The van der Waals surface area contributed by atoms with Crippen molar-refractivity contribution in [1.82, 2.24) is 0 Å². The predicted molar refractivity (Wildman–Crippen MR) is 50.8 cm³/mol. The summed E-state index contributed by atoms with van der Waals surface area (Å²) in [6.07, 6.45) is -0.364. The van der Waals surface area contributed by atoms with Crippen LogP contribution in [-0.2, 0) is 14.3 Å². The van der Waals surface area contributed by atoms with E-state index in [1.165, 1.54) is 7.11 Å². The molecule has 1 aromatic carbocycles. The minimum Gasteiger partial charge on any atom is -0.550 e. The van der Waals surface area contributed by atoms with Crippen LogP contribution in [0.1, 0.15) is 17.9 Å². The van der Waals surface area contributed by atoms with E-state index >= 15 is 0 Å². The molecule has 0 amide bonds. The Bertz CT molecular complexity index is 345. The first-order valence-electron chi connectivity index (χ1n) is 4.47. The first kappa shape index (κ1) is 11.2. The van der Waals surface area contributed by atoms with Crippen molar-refractivity contribution >= 4 is 11.9 Å². The molecule has 0 saturated carbocycles. The van der Waals surface area contributed by atoms with Crippen LogP contribution in [-0.4, -0.2) is 19.0 Å². The number of aliphatic carboxylic acids is 1. The highest BCUT2D eigenvalue weighted by Gasteiger charge is 2.21. The third-order valence-corrected chi connectivity index (χ3v) is 2.06. The van der Waals surface area contributed by atoms with E-state index in [9.17, 15) is 14.7 Å². The van der Waals surface area contributed by atoms with Gasteiger partial charge in [0.1, 0.15) is 0 Å². The lowest BCUT2D eigenvalue weighted by Gasteiger charge is -2.15. The summed E-state index contributed by atoms with van der Waals surface area (Å²) in [5.41, 5.74) is 0.619. The molecule has 80 valence electrons. The molecule has 1 aromatic rings. The Kier molecular flexibility index (Phi) is 3.85. The Hall–Kier alpha value is -1.84. The van der Waals surface area contributed by atoms with Crippen molar-refractivity contribution in [2.75, 3.05) is 7.11 Å². The molecule has 0 radical (unpaired) electrons. The van der Waals surface area contributed by atoms with Crippen molar-refractivity contribution in [3.05, 3.63) is 35.9 Å². The van der Waals surface area contributed by atoms with Gasteiger partial charge in [-0.2, -0.15) is 0 Å². The van der Waals surface area contributed by atoms with Gasteiger partial charge in [0.25, 0.3) is 0 Å². The number of carboxylic acid groups (broad SMARTS) is 1. The molecule has 0 aromatic heterocycles. The minimum atomic E-state index is -1.27. The third-order valence-electron chi connectivity index (χ3n) is 2.06. The molecule has 0 fully saturated rings. The lowest BCUT2D eigenvalue weighted by atomic mass is 9.96. The maximum absolute atomic E-state index is 11.3. The van der Waals surface area contributed by atoms with Crippen LogP contribution in [0.3, 0.4) is 0 Å². The summed E-state index contributed by atoms with van der Waals surface area (Å²) >= 11 is 0. The van der Waals surface area contributed by atoms with E-state index in [4.69, 9.17) is 0 Å². The van der Waals surface area contributed by atoms with E-state index in [1.54, 1.807) is 30.3 Å². The average molecular weight is 207 g/mol. The highest BCUT2D eigenvalue weighted by atomic mass is 16.5. The topological polar surface area (TPSA) is 66.4 Å². The molecular weight excluding hydrogens is 196 g/mol. The number of carbonyl (C=O) groups excluding carboxylic acids is 2. The van der Waals surface area contributed by atoms with Gasteiger partial charge in [-0.25, -0.2) is 0 Å². The van der Waals surface area contributed by atoms with Crippen molar-refractivity contribution in [2.45, 2.75) is 12.3 Å². The van der Waals surface area contributed by atoms with Gasteiger partial charge in [0.2, 0.25) is 0 Å². The smallest absolute Gasteiger partial charge is 0.313 e. The van der Waals surface area contributed by atoms with E-state index in [0.717, 1.165) is 0 Å². The van der Waals surface area contributed by atoms with Gasteiger partial charge in [0.15, 0.2) is 0 Å². The average Bonchev–Trinajstić information content (AvgIpc) is 2.26. The zero-order valence-corrected chi connectivity index (χ0v) is 8.30. The largest absolute Gasteiger partial charge is 0.550 e. The number of carboxylic acids is 1. The van der Waals surface area contributed by atoms with Crippen molar-refractivity contribution in [1.29, 1.82) is 0 Å². The molecule has 0 heterocycles. The summed E-state index contributed by atoms with van der Waals surface area (Å²) < 4.78 is 4.54. The van der Waals surface area contributed by atoms with Crippen molar-refractivity contribution in [3.8, 4) is 0 Å². The summed E-state index contributed by atoms with van der Waals surface area (Å²) in [5, 5.41) is 10.5. The Labute approximate surface area is 87.5 Å². The quantitative estimate of drug-likeness (QED) is 0.656. The number of benzene rings is 1. The van der Waals surface area contributed by atoms with Crippen molar-refractivity contribution in [2.24, 2.45) is 0 Å². The van der Waals surface area contributed by atoms with Gasteiger partial charge < -0.3 is 14.6 Å². The maximum Gasteiger partial charge on any atom is 0.313 e. The summed E-state index contributed by atoms with van der Waals surface area (Å²) in [6.45, 7) is 0. The second-order valence-electron chi connectivity index (χ2n) is 3.06. The first-order valence-corrected chi connectivity index (χ1v) is 4.47. The second-order valence-corrected chi connectivity index (χ2v) is 3.06. The van der Waals surface area contributed by atoms with Crippen LogP contribution < -0.4 is 5.11 Å². The molecule has 0 bridgehead atoms. The normalized spacial score (nSPS) is 11.8. The number of methoxy groups -OCH3 is 1. The molecule has 0 aliphatic rings. The fourth-order valence-electron chi connectivity index (χ4n) is 1.33. The number of hydrogen-bond acceptors (Lipinski definition) is 4. The van der Waals surface area contributed by atoms with Gasteiger partial charge in [0.05, 0.1) is 13.0 Å². The number of ether oxygens (including phenoxy) is 1. The van der Waals surface area contributed by atoms with Crippen LogP contribution in [0.15, 0.2) is 30.3 Å². The van der Waals surface area contributed by atoms with Crippen LogP contribution in [0.4, 0.5) is 0 Å². The van der Waals surface area contributed by atoms with E-state index in [1.807, 2.05) is 0 Å². The molecule has 0 aliphatic carbocycles. The number of esters is 1. The zero-order chi connectivity index (χ0) is 11.3. The summed E-state index contributed by atoms with van der Waals surface area (Å²) in [6, 6.07) is 8.63. The molecule has 0 saturated heterocycles. The second kappa shape index (κ2) is 5.14. The summed E-state index contributed by atoms with van der Waals surface area (Å²) in [7, 11) is 1.23. The third kappa shape index (κ3) is 3.09. The monoisotopic (exact) mass is 207 g/mol. The Morgan fingerprint density at radius 2 is 1.93 bits per heavy atom. The van der Waals surface area contributed by atoms with E-state index in [2.05, 4.69) is 4.74 Å². The molecule has 1 atom stereocenters. The number of hydrogen-bond donors (Lipinski definition) is 0. The Balaban J connectivity index is 2.91. The van der Waals surface area contributed by atoms with Gasteiger partial charge in [-0.1, -0.05) is 30.3 Å². The summed E-state index contributed by atoms with van der Waals surface area (Å²) in [5.74, 6) is -2.62. The molecule has 1 rings (SSSR count). The fourth-order valence-corrected chi connectivity index (χ4v) is 1.33. The van der Waals surface area contributed by atoms with Gasteiger partial charge in [-0.3, -0.25) is 4.79 Å². The molecule has 15 heavy (non-hydrogen) atoms. The SMILES string of the molecule is COC(=O)C(CC(=O)[O-])c1ccccc1. The molecule has 0 spiro atoms. The first-order chi connectivity index (χ1) is 7.15. The van der Waals surface area contributed by atoms with Gasteiger partial charge in [0, 0.05) is 12.4 Å². The van der Waals surface area contributed by atoms with E-state index in [0.29, 0.717) is 5.56 Å². The predicted octanol–water partition coefficient (Wildman–Crippen LogP) is 0.0832. The van der Waals surface area contributed by atoms with Gasteiger partial charge in [-0.15, -0.1) is 0 Å². The van der Waals surface area contributed by atoms with Crippen LogP contribution in [0, 0.1) is 0 Å². The standard InChI is InChI=1S/C11H12O4/c1-15-11(14)9(7-10(12)13)8-5-3-2-4-6-8/h2-6,9H,7H2,1H3,(H,12,13)/p-1. The fraction of sp³-hybridized carbons (Fsp3) is 0.273. The van der Waals surface area contributed by atoms with Crippen LogP contribution in [0.2, 0.25) is 0 Å².